The summed E-state index contributed by atoms with van der Waals surface area (Å²) in [5, 5.41) is 1.12. The molecule has 0 spiro atoms. The quantitative estimate of drug-likeness (QED) is 0.494. The maximum atomic E-state index is 5.67. The molecule has 2 heteroatoms. The average molecular weight is 249 g/mol. The average Bonchev–Trinajstić information content (AvgIpc) is 2.84. The first-order chi connectivity index (χ1) is 6.18. The van der Waals surface area contributed by atoms with E-state index in [9.17, 15) is 0 Å². The van der Waals surface area contributed by atoms with Crippen LogP contribution in [0.5, 0.6) is 0 Å². The van der Waals surface area contributed by atoms with Gasteiger partial charge in [0.05, 0.1) is 6.61 Å². The van der Waals surface area contributed by atoms with Crippen LogP contribution < -0.4 is 0 Å². The summed E-state index contributed by atoms with van der Waals surface area (Å²) in [7, 11) is 0. The van der Waals surface area contributed by atoms with Gasteiger partial charge in [-0.15, -0.1) is 0 Å². The van der Waals surface area contributed by atoms with Crippen molar-refractivity contribution in [2.24, 2.45) is 11.3 Å². The lowest BCUT2D eigenvalue weighted by molar-refractivity contribution is 0.0937. The van der Waals surface area contributed by atoms with Crippen LogP contribution in [0.25, 0.3) is 0 Å². The fraction of sp³-hybridized carbons (Fsp3) is 1.00. The molecule has 0 N–H and O–H groups in total. The standard InChI is InChI=1S/C11H21BrO/c1-10(2)4-3-7-13-9-11(8-12)5-6-11/h10H,3-9H2,1-2H3. The molecule has 0 atom stereocenters. The van der Waals surface area contributed by atoms with Gasteiger partial charge in [-0.1, -0.05) is 29.8 Å². The van der Waals surface area contributed by atoms with Crippen molar-refractivity contribution in [1.82, 2.24) is 0 Å². The van der Waals surface area contributed by atoms with Gasteiger partial charge in [0.15, 0.2) is 0 Å². The molecule has 0 unspecified atom stereocenters. The molecule has 1 aliphatic carbocycles. The molecule has 0 aliphatic heterocycles. The molecule has 1 nitrogen and oxygen atoms in total. The summed E-state index contributed by atoms with van der Waals surface area (Å²) in [6, 6.07) is 0. The topological polar surface area (TPSA) is 9.23 Å². The first kappa shape index (κ1) is 11.5. The van der Waals surface area contributed by atoms with Crippen LogP contribution in [0.4, 0.5) is 0 Å². The van der Waals surface area contributed by atoms with Crippen molar-refractivity contribution in [1.29, 1.82) is 0 Å². The summed E-state index contributed by atoms with van der Waals surface area (Å²) < 4.78 is 5.67. The number of ether oxygens (including phenoxy) is 1. The van der Waals surface area contributed by atoms with E-state index in [1.165, 1.54) is 25.7 Å². The Balaban J connectivity index is 1.90. The van der Waals surface area contributed by atoms with Gasteiger partial charge < -0.3 is 4.74 Å². The Morgan fingerprint density at radius 3 is 2.54 bits per heavy atom. The summed E-state index contributed by atoms with van der Waals surface area (Å²) in [5.41, 5.74) is 0.526. The molecule has 0 aromatic rings. The van der Waals surface area contributed by atoms with Gasteiger partial charge in [0.1, 0.15) is 0 Å². The van der Waals surface area contributed by atoms with Crippen LogP contribution in [0.2, 0.25) is 0 Å². The van der Waals surface area contributed by atoms with E-state index in [0.717, 1.165) is 24.5 Å². The van der Waals surface area contributed by atoms with Crippen LogP contribution in [0.3, 0.4) is 0 Å². The van der Waals surface area contributed by atoms with E-state index < -0.39 is 0 Å². The van der Waals surface area contributed by atoms with Gasteiger partial charge in [0, 0.05) is 17.4 Å². The Hall–Kier alpha value is 0.440. The van der Waals surface area contributed by atoms with Gasteiger partial charge >= 0.3 is 0 Å². The van der Waals surface area contributed by atoms with Crippen molar-refractivity contribution in [2.75, 3.05) is 18.5 Å². The number of hydrogen-bond acceptors (Lipinski definition) is 1. The molecule has 1 aliphatic rings. The van der Waals surface area contributed by atoms with E-state index in [4.69, 9.17) is 4.74 Å². The number of hydrogen-bond donors (Lipinski definition) is 0. The second-order valence-electron chi connectivity index (χ2n) is 4.72. The van der Waals surface area contributed by atoms with Crippen LogP contribution in [-0.4, -0.2) is 18.5 Å². The van der Waals surface area contributed by atoms with Crippen LogP contribution in [-0.2, 0) is 4.74 Å². The molecule has 0 heterocycles. The van der Waals surface area contributed by atoms with E-state index in [1.54, 1.807) is 0 Å². The van der Waals surface area contributed by atoms with Gasteiger partial charge in [0.2, 0.25) is 0 Å². The molecular weight excluding hydrogens is 228 g/mol. The smallest absolute Gasteiger partial charge is 0.0530 e. The summed E-state index contributed by atoms with van der Waals surface area (Å²) in [6.07, 6.45) is 5.21. The maximum absolute atomic E-state index is 5.67. The zero-order valence-electron chi connectivity index (χ0n) is 8.81. The van der Waals surface area contributed by atoms with Crippen molar-refractivity contribution in [2.45, 2.75) is 39.5 Å². The van der Waals surface area contributed by atoms with Crippen molar-refractivity contribution in [3.05, 3.63) is 0 Å². The van der Waals surface area contributed by atoms with Gasteiger partial charge in [0.25, 0.3) is 0 Å². The number of rotatable bonds is 7. The van der Waals surface area contributed by atoms with Gasteiger partial charge in [-0.3, -0.25) is 0 Å². The fourth-order valence-corrected chi connectivity index (χ4v) is 2.10. The molecule has 0 aromatic heterocycles. The van der Waals surface area contributed by atoms with E-state index in [0.29, 0.717) is 5.41 Å². The van der Waals surface area contributed by atoms with Crippen molar-refractivity contribution in [3.63, 3.8) is 0 Å². The molecule has 0 amide bonds. The fourth-order valence-electron chi connectivity index (χ4n) is 1.38. The van der Waals surface area contributed by atoms with Crippen molar-refractivity contribution >= 4 is 15.9 Å². The molecule has 0 radical (unpaired) electrons. The second-order valence-corrected chi connectivity index (χ2v) is 5.28. The largest absolute Gasteiger partial charge is 0.381 e. The van der Waals surface area contributed by atoms with E-state index in [1.807, 2.05) is 0 Å². The van der Waals surface area contributed by atoms with E-state index >= 15 is 0 Å². The molecule has 0 saturated heterocycles. The summed E-state index contributed by atoms with van der Waals surface area (Å²) in [6.45, 7) is 6.45. The predicted molar refractivity (Wildman–Crippen MR) is 60.4 cm³/mol. The minimum absolute atomic E-state index is 0.526. The molecule has 13 heavy (non-hydrogen) atoms. The third-order valence-corrected chi connectivity index (χ3v) is 3.91. The van der Waals surface area contributed by atoms with Gasteiger partial charge in [-0.2, -0.15) is 0 Å². The molecule has 0 bridgehead atoms. The Bertz CT molecular complexity index is 141. The highest BCUT2D eigenvalue weighted by Gasteiger charge is 2.41. The van der Waals surface area contributed by atoms with Crippen LogP contribution >= 0.6 is 15.9 Å². The van der Waals surface area contributed by atoms with E-state index in [-0.39, 0.29) is 0 Å². The zero-order valence-corrected chi connectivity index (χ0v) is 10.4. The lowest BCUT2D eigenvalue weighted by Crippen LogP contribution is -2.12. The Morgan fingerprint density at radius 2 is 2.08 bits per heavy atom. The first-order valence-electron chi connectivity index (χ1n) is 5.32. The molecule has 0 aromatic carbocycles. The second kappa shape index (κ2) is 5.35. The normalized spacial score (nSPS) is 19.4. The maximum Gasteiger partial charge on any atom is 0.0530 e. The molecule has 1 rings (SSSR count). The minimum Gasteiger partial charge on any atom is -0.381 e. The monoisotopic (exact) mass is 248 g/mol. The van der Waals surface area contributed by atoms with Crippen molar-refractivity contribution < 1.29 is 4.74 Å². The lowest BCUT2D eigenvalue weighted by atomic mass is 10.1. The lowest BCUT2D eigenvalue weighted by Gasteiger charge is -2.12. The zero-order chi connectivity index (χ0) is 9.73. The van der Waals surface area contributed by atoms with E-state index in [2.05, 4.69) is 29.8 Å². The van der Waals surface area contributed by atoms with Gasteiger partial charge in [-0.25, -0.2) is 0 Å². The molecule has 1 saturated carbocycles. The third kappa shape index (κ3) is 4.46. The summed E-state index contributed by atoms with van der Waals surface area (Å²) in [5.74, 6) is 0.815. The van der Waals surface area contributed by atoms with Crippen LogP contribution in [0, 0.1) is 11.3 Å². The molecule has 1 fully saturated rings. The Morgan fingerprint density at radius 1 is 1.38 bits per heavy atom. The highest BCUT2D eigenvalue weighted by Crippen LogP contribution is 2.47. The van der Waals surface area contributed by atoms with Crippen LogP contribution in [0.15, 0.2) is 0 Å². The first-order valence-corrected chi connectivity index (χ1v) is 6.44. The number of alkyl halides is 1. The SMILES string of the molecule is CC(C)CCCOCC1(CBr)CC1. The van der Waals surface area contributed by atoms with Gasteiger partial charge in [-0.05, 0) is 31.6 Å². The molecular formula is C11H21BrO. The summed E-state index contributed by atoms with van der Waals surface area (Å²) in [4.78, 5) is 0. The number of halogens is 1. The van der Waals surface area contributed by atoms with Crippen LogP contribution in [0.1, 0.15) is 39.5 Å². The minimum atomic E-state index is 0.526. The highest BCUT2D eigenvalue weighted by atomic mass is 79.9. The summed E-state index contributed by atoms with van der Waals surface area (Å²) >= 11 is 3.55. The third-order valence-electron chi connectivity index (χ3n) is 2.72. The predicted octanol–water partition coefficient (Wildman–Crippen LogP) is 3.61. The Labute approximate surface area is 90.4 Å². The van der Waals surface area contributed by atoms with Crippen molar-refractivity contribution in [3.8, 4) is 0 Å². The molecule has 78 valence electrons. The highest BCUT2D eigenvalue weighted by molar-refractivity contribution is 9.09. The Kier molecular flexibility index (Phi) is 4.74.